The predicted octanol–water partition coefficient (Wildman–Crippen LogP) is 4.83. The molecule has 0 aliphatic rings. The van der Waals surface area contributed by atoms with Crippen molar-refractivity contribution in [3.63, 3.8) is 0 Å². The van der Waals surface area contributed by atoms with E-state index >= 15 is 0 Å². The van der Waals surface area contributed by atoms with Crippen LogP contribution in [-0.4, -0.2) is 13.1 Å². The van der Waals surface area contributed by atoms with Gasteiger partial charge in [0.1, 0.15) is 5.82 Å². The Kier molecular flexibility index (Phi) is 5.95. The van der Waals surface area contributed by atoms with Crippen molar-refractivity contribution >= 4 is 15.9 Å². The van der Waals surface area contributed by atoms with Crippen molar-refractivity contribution in [3.05, 3.63) is 69.4 Å². The number of benzene rings is 2. The van der Waals surface area contributed by atoms with Gasteiger partial charge < -0.3 is 5.32 Å². The summed E-state index contributed by atoms with van der Waals surface area (Å²) in [6.45, 7) is 6.07. The van der Waals surface area contributed by atoms with Crippen LogP contribution in [0.3, 0.4) is 0 Å². The van der Waals surface area contributed by atoms with Crippen molar-refractivity contribution in [1.29, 1.82) is 0 Å². The van der Waals surface area contributed by atoms with Gasteiger partial charge in [-0.15, -0.1) is 0 Å². The molecule has 0 amide bonds. The molecule has 112 valence electrons. The Balaban J connectivity index is 2.28. The van der Waals surface area contributed by atoms with E-state index in [0.29, 0.717) is 10.4 Å². The molecule has 1 atom stereocenters. The number of hydrogen-bond acceptors (Lipinski definition) is 1. The van der Waals surface area contributed by atoms with Crippen molar-refractivity contribution in [2.24, 2.45) is 0 Å². The van der Waals surface area contributed by atoms with E-state index in [1.807, 2.05) is 6.07 Å². The van der Waals surface area contributed by atoms with Gasteiger partial charge in [-0.1, -0.05) is 43.3 Å². The van der Waals surface area contributed by atoms with E-state index in [2.05, 4.69) is 59.4 Å². The lowest BCUT2D eigenvalue weighted by atomic mass is 9.89. The van der Waals surface area contributed by atoms with E-state index in [1.54, 1.807) is 6.07 Å². The van der Waals surface area contributed by atoms with Gasteiger partial charge in [0.05, 0.1) is 4.47 Å². The van der Waals surface area contributed by atoms with Gasteiger partial charge in [-0.2, -0.15) is 0 Å². The molecule has 1 unspecified atom stereocenters. The summed E-state index contributed by atoms with van der Waals surface area (Å²) in [6, 6.07) is 13.7. The minimum Gasteiger partial charge on any atom is -0.316 e. The van der Waals surface area contributed by atoms with Gasteiger partial charge >= 0.3 is 0 Å². The molecule has 0 aromatic heterocycles. The summed E-state index contributed by atoms with van der Waals surface area (Å²) in [4.78, 5) is 0. The Morgan fingerprint density at radius 2 is 1.90 bits per heavy atom. The summed E-state index contributed by atoms with van der Waals surface area (Å²) in [6.07, 6.45) is 0.816. The highest BCUT2D eigenvalue weighted by molar-refractivity contribution is 9.10. The second kappa shape index (κ2) is 7.71. The summed E-state index contributed by atoms with van der Waals surface area (Å²) in [5.41, 5.74) is 3.63. The van der Waals surface area contributed by atoms with Crippen molar-refractivity contribution in [3.8, 4) is 0 Å². The van der Waals surface area contributed by atoms with E-state index in [9.17, 15) is 4.39 Å². The van der Waals surface area contributed by atoms with Crippen LogP contribution in [0.15, 0.2) is 46.9 Å². The van der Waals surface area contributed by atoms with Crippen LogP contribution in [0, 0.1) is 12.7 Å². The van der Waals surface area contributed by atoms with Gasteiger partial charge in [-0.3, -0.25) is 0 Å². The second-order valence-corrected chi connectivity index (χ2v) is 6.07. The summed E-state index contributed by atoms with van der Waals surface area (Å²) >= 11 is 3.37. The molecule has 1 N–H and O–H groups in total. The first kappa shape index (κ1) is 16.2. The Bertz CT molecular complexity index is 598. The largest absolute Gasteiger partial charge is 0.316 e. The fourth-order valence-electron chi connectivity index (χ4n) is 2.63. The Morgan fingerprint density at radius 3 is 2.62 bits per heavy atom. The molecule has 0 saturated heterocycles. The van der Waals surface area contributed by atoms with Crippen LogP contribution in [0.25, 0.3) is 0 Å². The van der Waals surface area contributed by atoms with Crippen LogP contribution >= 0.6 is 15.9 Å². The minimum atomic E-state index is -0.195. The molecule has 0 spiro atoms. The third-order valence-electron chi connectivity index (χ3n) is 3.77. The number of aryl methyl sites for hydroxylation is 1. The Labute approximate surface area is 134 Å². The van der Waals surface area contributed by atoms with Crippen molar-refractivity contribution < 1.29 is 4.39 Å². The third-order valence-corrected chi connectivity index (χ3v) is 4.65. The molecule has 0 bridgehead atoms. The van der Waals surface area contributed by atoms with E-state index < -0.39 is 0 Å². The summed E-state index contributed by atoms with van der Waals surface area (Å²) in [5, 5.41) is 3.42. The average molecular weight is 350 g/mol. The Morgan fingerprint density at radius 1 is 1.14 bits per heavy atom. The van der Waals surface area contributed by atoms with Gasteiger partial charge in [0, 0.05) is 12.5 Å². The summed E-state index contributed by atoms with van der Waals surface area (Å²) in [7, 11) is 0. The summed E-state index contributed by atoms with van der Waals surface area (Å²) in [5.74, 6) is 0.142. The lowest BCUT2D eigenvalue weighted by Gasteiger charge is -2.21. The van der Waals surface area contributed by atoms with Gasteiger partial charge in [-0.25, -0.2) is 4.39 Å². The van der Waals surface area contributed by atoms with Crippen molar-refractivity contribution in [2.45, 2.75) is 26.2 Å². The highest BCUT2D eigenvalue weighted by atomic mass is 79.9. The maximum Gasteiger partial charge on any atom is 0.137 e. The molecular weight excluding hydrogens is 329 g/mol. The van der Waals surface area contributed by atoms with Crippen molar-refractivity contribution in [2.75, 3.05) is 13.1 Å². The maximum absolute atomic E-state index is 13.7. The first-order valence-electron chi connectivity index (χ1n) is 7.32. The number of likely N-dealkylation sites (N-methyl/N-ethyl adjacent to an activating group) is 1. The highest BCUT2D eigenvalue weighted by Gasteiger charge is 2.16. The zero-order valence-electron chi connectivity index (χ0n) is 12.5. The van der Waals surface area contributed by atoms with Gasteiger partial charge in [-0.05, 0) is 58.6 Å². The molecule has 2 rings (SSSR count). The first-order valence-corrected chi connectivity index (χ1v) is 8.12. The fraction of sp³-hybridized carbons (Fsp3) is 0.333. The van der Waals surface area contributed by atoms with Crippen LogP contribution in [0.4, 0.5) is 4.39 Å². The van der Waals surface area contributed by atoms with Crippen LogP contribution in [0.1, 0.15) is 29.5 Å². The number of rotatable bonds is 6. The van der Waals surface area contributed by atoms with E-state index in [1.165, 1.54) is 17.2 Å². The molecule has 2 aromatic rings. The zero-order valence-corrected chi connectivity index (χ0v) is 14.1. The van der Waals surface area contributed by atoms with E-state index in [-0.39, 0.29) is 5.82 Å². The minimum absolute atomic E-state index is 0.195. The quantitative estimate of drug-likeness (QED) is 0.787. The molecule has 2 aromatic carbocycles. The summed E-state index contributed by atoms with van der Waals surface area (Å²) < 4.78 is 14.3. The van der Waals surface area contributed by atoms with Crippen LogP contribution in [0.5, 0.6) is 0 Å². The smallest absolute Gasteiger partial charge is 0.137 e. The van der Waals surface area contributed by atoms with E-state index in [4.69, 9.17) is 0 Å². The number of nitrogens with one attached hydrogen (secondary N) is 1. The Hall–Kier alpha value is -1.19. The molecule has 3 heteroatoms. The molecule has 21 heavy (non-hydrogen) atoms. The van der Waals surface area contributed by atoms with Crippen molar-refractivity contribution in [1.82, 2.24) is 5.32 Å². The molecule has 0 heterocycles. The topological polar surface area (TPSA) is 12.0 Å². The predicted molar refractivity (Wildman–Crippen MR) is 90.3 cm³/mol. The molecule has 0 fully saturated rings. The molecule has 0 saturated carbocycles. The second-order valence-electron chi connectivity index (χ2n) is 5.28. The highest BCUT2D eigenvalue weighted by Crippen LogP contribution is 2.28. The average Bonchev–Trinajstić information content (AvgIpc) is 2.48. The van der Waals surface area contributed by atoms with Crippen LogP contribution in [-0.2, 0) is 6.42 Å². The van der Waals surface area contributed by atoms with E-state index in [0.717, 1.165) is 25.1 Å². The fourth-order valence-corrected chi connectivity index (χ4v) is 3.05. The lowest BCUT2D eigenvalue weighted by molar-refractivity contribution is 0.583. The van der Waals surface area contributed by atoms with Crippen LogP contribution in [0.2, 0.25) is 0 Å². The lowest BCUT2D eigenvalue weighted by Crippen LogP contribution is -2.23. The monoisotopic (exact) mass is 349 g/mol. The number of hydrogen-bond donors (Lipinski definition) is 1. The molecule has 1 nitrogen and oxygen atoms in total. The third kappa shape index (κ3) is 4.14. The molecule has 0 aliphatic heterocycles. The maximum atomic E-state index is 13.7. The normalized spacial score (nSPS) is 12.4. The SMILES string of the molecule is CCNCC(Cc1cccc(F)c1Br)c1ccccc1C. The first-order chi connectivity index (χ1) is 10.1. The van der Waals surface area contributed by atoms with Gasteiger partial charge in [0.2, 0.25) is 0 Å². The van der Waals surface area contributed by atoms with Crippen LogP contribution < -0.4 is 5.32 Å². The van der Waals surface area contributed by atoms with Gasteiger partial charge in [0.25, 0.3) is 0 Å². The van der Waals surface area contributed by atoms with Gasteiger partial charge in [0.15, 0.2) is 0 Å². The molecule has 0 radical (unpaired) electrons. The zero-order chi connectivity index (χ0) is 15.2. The standard InChI is InChI=1S/C18H21BrFN/c1-3-21-12-15(16-9-5-4-7-13(16)2)11-14-8-6-10-17(20)18(14)19/h4-10,15,21H,3,11-12H2,1-2H3. The molecular formula is C18H21BrFN. The molecule has 0 aliphatic carbocycles. The number of halogens is 2.